The summed E-state index contributed by atoms with van der Waals surface area (Å²) in [6.07, 6.45) is 6.79. The standard InChI is InChI=1S/C20H23N5/c1-3-16-11-14(5-8-18(16)21-9-1)12-25-10-2-4-17(13-25)20-22-19(23-24-20)15-6-7-15/h1,3,5,8-9,11,15,17H,2,4,6-7,10,12-13H2,(H,22,23,24). The van der Waals surface area contributed by atoms with Crippen molar-refractivity contribution in [3.63, 3.8) is 0 Å². The van der Waals surface area contributed by atoms with Crippen LogP contribution >= 0.6 is 0 Å². The third-order valence-corrected chi connectivity index (χ3v) is 5.43. The van der Waals surface area contributed by atoms with E-state index in [0.717, 1.165) is 36.8 Å². The Balaban J connectivity index is 1.29. The van der Waals surface area contributed by atoms with Gasteiger partial charge in [0.2, 0.25) is 0 Å². The largest absolute Gasteiger partial charge is 0.298 e. The summed E-state index contributed by atoms with van der Waals surface area (Å²) in [5.74, 6) is 3.23. The summed E-state index contributed by atoms with van der Waals surface area (Å²) in [6.45, 7) is 3.19. The lowest BCUT2D eigenvalue weighted by molar-refractivity contribution is 0.197. The number of likely N-dealkylation sites (tertiary alicyclic amines) is 1. The van der Waals surface area contributed by atoms with Gasteiger partial charge in [0.25, 0.3) is 0 Å². The van der Waals surface area contributed by atoms with Crippen LogP contribution in [-0.2, 0) is 6.54 Å². The number of H-pyrrole nitrogens is 1. The van der Waals surface area contributed by atoms with Gasteiger partial charge in [-0.15, -0.1) is 0 Å². The molecule has 5 nitrogen and oxygen atoms in total. The SMILES string of the molecule is c1cnc2ccc(CN3CCCC(c4n[nH]c(C5CC5)n4)C3)cc2c1. The van der Waals surface area contributed by atoms with Crippen molar-refractivity contribution in [2.24, 2.45) is 0 Å². The first-order chi connectivity index (χ1) is 12.3. The zero-order valence-electron chi connectivity index (χ0n) is 14.4. The number of benzene rings is 1. The molecule has 2 fully saturated rings. The van der Waals surface area contributed by atoms with Gasteiger partial charge in [-0.3, -0.25) is 15.0 Å². The first-order valence-electron chi connectivity index (χ1n) is 9.33. The van der Waals surface area contributed by atoms with E-state index >= 15 is 0 Å². The average molecular weight is 333 g/mol. The first-order valence-corrected chi connectivity index (χ1v) is 9.33. The number of pyridine rings is 1. The fourth-order valence-electron chi connectivity index (χ4n) is 3.90. The van der Waals surface area contributed by atoms with Gasteiger partial charge in [-0.05, 0) is 56.0 Å². The predicted molar refractivity (Wildman–Crippen MR) is 97.4 cm³/mol. The second kappa shape index (κ2) is 6.23. The number of hydrogen-bond donors (Lipinski definition) is 1. The molecule has 1 saturated heterocycles. The lowest BCUT2D eigenvalue weighted by Crippen LogP contribution is -2.34. The molecule has 0 radical (unpaired) electrons. The van der Waals surface area contributed by atoms with Crippen LogP contribution in [0.15, 0.2) is 36.5 Å². The molecule has 1 saturated carbocycles. The van der Waals surface area contributed by atoms with E-state index in [9.17, 15) is 0 Å². The van der Waals surface area contributed by atoms with E-state index in [2.05, 4.69) is 44.3 Å². The molecule has 3 heterocycles. The maximum absolute atomic E-state index is 4.78. The normalized spacial score (nSPS) is 21.7. The fourth-order valence-corrected chi connectivity index (χ4v) is 3.90. The van der Waals surface area contributed by atoms with Crippen molar-refractivity contribution in [1.29, 1.82) is 0 Å². The van der Waals surface area contributed by atoms with E-state index in [1.54, 1.807) is 0 Å². The number of fused-ring (bicyclic) bond motifs is 1. The Labute approximate surface area is 147 Å². The Bertz CT molecular complexity index is 882. The Morgan fingerprint density at radius 3 is 3.00 bits per heavy atom. The molecule has 128 valence electrons. The number of aromatic amines is 1. The smallest absolute Gasteiger partial charge is 0.155 e. The zero-order chi connectivity index (χ0) is 16.6. The number of hydrogen-bond acceptors (Lipinski definition) is 4. The molecule has 1 N–H and O–H groups in total. The lowest BCUT2D eigenvalue weighted by atomic mass is 9.97. The van der Waals surface area contributed by atoms with E-state index in [-0.39, 0.29) is 0 Å². The highest BCUT2D eigenvalue weighted by Gasteiger charge is 2.30. The van der Waals surface area contributed by atoms with E-state index in [4.69, 9.17) is 4.98 Å². The van der Waals surface area contributed by atoms with Crippen LogP contribution in [0, 0.1) is 0 Å². The Morgan fingerprint density at radius 2 is 2.08 bits per heavy atom. The maximum atomic E-state index is 4.78. The molecule has 1 aromatic carbocycles. The Hall–Kier alpha value is -2.27. The highest BCUT2D eigenvalue weighted by molar-refractivity contribution is 5.78. The van der Waals surface area contributed by atoms with E-state index < -0.39 is 0 Å². The van der Waals surface area contributed by atoms with Crippen molar-refractivity contribution in [3.05, 3.63) is 53.7 Å². The maximum Gasteiger partial charge on any atom is 0.155 e. The molecular formula is C20H23N5. The van der Waals surface area contributed by atoms with Crippen LogP contribution in [0.1, 0.15) is 54.7 Å². The predicted octanol–water partition coefficient (Wildman–Crippen LogP) is 3.61. The molecular weight excluding hydrogens is 310 g/mol. The molecule has 0 spiro atoms. The van der Waals surface area contributed by atoms with Crippen LogP contribution in [0.5, 0.6) is 0 Å². The van der Waals surface area contributed by atoms with Gasteiger partial charge in [-0.2, -0.15) is 5.10 Å². The van der Waals surface area contributed by atoms with Crippen molar-refractivity contribution in [1.82, 2.24) is 25.1 Å². The van der Waals surface area contributed by atoms with Crippen LogP contribution in [0.2, 0.25) is 0 Å². The van der Waals surface area contributed by atoms with Gasteiger partial charge in [0, 0.05) is 36.5 Å². The molecule has 3 aromatic rings. The van der Waals surface area contributed by atoms with Crippen LogP contribution < -0.4 is 0 Å². The van der Waals surface area contributed by atoms with Gasteiger partial charge in [-0.1, -0.05) is 12.1 Å². The number of aromatic nitrogens is 4. The van der Waals surface area contributed by atoms with E-state index in [1.165, 1.54) is 36.6 Å². The van der Waals surface area contributed by atoms with Crippen molar-refractivity contribution in [2.75, 3.05) is 13.1 Å². The summed E-state index contributed by atoms with van der Waals surface area (Å²) in [4.78, 5) is 11.7. The molecule has 25 heavy (non-hydrogen) atoms. The molecule has 1 aliphatic heterocycles. The van der Waals surface area contributed by atoms with Crippen LogP contribution in [0.25, 0.3) is 10.9 Å². The van der Waals surface area contributed by atoms with Crippen molar-refractivity contribution >= 4 is 10.9 Å². The molecule has 5 rings (SSSR count). The summed E-state index contributed by atoms with van der Waals surface area (Å²) in [5, 5.41) is 8.89. The summed E-state index contributed by atoms with van der Waals surface area (Å²) >= 11 is 0. The monoisotopic (exact) mass is 333 g/mol. The topological polar surface area (TPSA) is 57.7 Å². The molecule has 1 unspecified atom stereocenters. The van der Waals surface area contributed by atoms with Gasteiger partial charge in [0.1, 0.15) is 5.82 Å². The van der Waals surface area contributed by atoms with Crippen LogP contribution in [0.4, 0.5) is 0 Å². The van der Waals surface area contributed by atoms with Gasteiger partial charge in [0.05, 0.1) is 5.52 Å². The van der Waals surface area contributed by atoms with Gasteiger partial charge in [0.15, 0.2) is 5.82 Å². The number of rotatable bonds is 4. The van der Waals surface area contributed by atoms with Gasteiger partial charge < -0.3 is 0 Å². The number of nitrogens with zero attached hydrogens (tertiary/aromatic N) is 4. The minimum absolute atomic E-state index is 0.458. The minimum atomic E-state index is 0.458. The molecule has 0 amide bonds. The second-order valence-corrected chi connectivity index (χ2v) is 7.46. The molecule has 0 bridgehead atoms. The summed E-state index contributed by atoms with van der Waals surface area (Å²) < 4.78 is 0. The second-order valence-electron chi connectivity index (χ2n) is 7.46. The minimum Gasteiger partial charge on any atom is -0.298 e. The third-order valence-electron chi connectivity index (χ3n) is 5.43. The quantitative estimate of drug-likeness (QED) is 0.792. The number of piperidine rings is 1. The lowest BCUT2D eigenvalue weighted by Gasteiger charge is -2.31. The highest BCUT2D eigenvalue weighted by atomic mass is 15.2. The molecule has 2 aromatic heterocycles. The van der Waals surface area contributed by atoms with Crippen molar-refractivity contribution < 1.29 is 0 Å². The molecule has 5 heteroatoms. The summed E-state index contributed by atoms with van der Waals surface area (Å²) in [6, 6.07) is 10.7. The fraction of sp³-hybridized carbons (Fsp3) is 0.450. The van der Waals surface area contributed by atoms with Gasteiger partial charge >= 0.3 is 0 Å². The number of nitrogens with one attached hydrogen (secondary N) is 1. The van der Waals surface area contributed by atoms with Gasteiger partial charge in [-0.25, -0.2) is 4.98 Å². The Kier molecular flexibility index (Phi) is 3.74. The molecule has 2 aliphatic rings. The molecule has 1 aliphatic carbocycles. The van der Waals surface area contributed by atoms with E-state index in [1.807, 2.05) is 12.3 Å². The van der Waals surface area contributed by atoms with Crippen molar-refractivity contribution in [3.8, 4) is 0 Å². The van der Waals surface area contributed by atoms with E-state index in [0.29, 0.717) is 11.8 Å². The molecule has 1 atom stereocenters. The highest BCUT2D eigenvalue weighted by Crippen LogP contribution is 2.38. The summed E-state index contributed by atoms with van der Waals surface area (Å²) in [7, 11) is 0. The van der Waals surface area contributed by atoms with Crippen molar-refractivity contribution in [2.45, 2.75) is 44.1 Å². The van der Waals surface area contributed by atoms with Crippen LogP contribution in [0.3, 0.4) is 0 Å². The Morgan fingerprint density at radius 1 is 1.12 bits per heavy atom. The zero-order valence-corrected chi connectivity index (χ0v) is 14.4. The average Bonchev–Trinajstić information content (AvgIpc) is 3.39. The first kappa shape index (κ1) is 15.0. The third kappa shape index (κ3) is 3.16. The summed E-state index contributed by atoms with van der Waals surface area (Å²) in [5.41, 5.74) is 2.42. The van der Waals surface area contributed by atoms with Crippen LogP contribution in [-0.4, -0.2) is 38.2 Å².